The molecule has 0 fully saturated rings. The van der Waals surface area contributed by atoms with Crippen LogP contribution in [0.1, 0.15) is 30.1 Å². The molecule has 2 rings (SSSR count). The number of amides is 1. The monoisotopic (exact) mass is 318 g/mol. The zero-order valence-electron chi connectivity index (χ0n) is 12.7. The molecule has 122 valence electrons. The summed E-state index contributed by atoms with van der Waals surface area (Å²) < 4.78 is 1.46. The molecule has 0 aliphatic heterocycles. The molecule has 1 aromatic heterocycles. The average Bonchev–Trinajstić information content (AvgIpc) is 3.03. The van der Waals surface area contributed by atoms with E-state index < -0.39 is 11.0 Å². The summed E-state index contributed by atoms with van der Waals surface area (Å²) in [5.74, 6) is -0.326. The van der Waals surface area contributed by atoms with Crippen molar-refractivity contribution >= 4 is 11.6 Å². The molecule has 23 heavy (non-hydrogen) atoms. The van der Waals surface area contributed by atoms with Crippen molar-refractivity contribution < 1.29 is 14.8 Å². The van der Waals surface area contributed by atoms with Gasteiger partial charge in [0.15, 0.2) is 0 Å². The fourth-order valence-corrected chi connectivity index (χ4v) is 2.06. The van der Waals surface area contributed by atoms with Crippen LogP contribution in [0.15, 0.2) is 36.7 Å². The van der Waals surface area contributed by atoms with Crippen LogP contribution in [0.2, 0.25) is 0 Å². The number of nitro benzene ring substituents is 1. The van der Waals surface area contributed by atoms with Crippen molar-refractivity contribution in [3.05, 3.63) is 52.3 Å². The number of aromatic nitrogens is 2. The molecular formula is C15H18N4O4. The lowest BCUT2D eigenvalue weighted by atomic mass is 10.2. The first kappa shape index (κ1) is 16.6. The first-order valence-corrected chi connectivity index (χ1v) is 7.27. The van der Waals surface area contributed by atoms with E-state index in [1.165, 1.54) is 29.2 Å². The van der Waals surface area contributed by atoms with E-state index in [-0.39, 0.29) is 18.1 Å². The Hall–Kier alpha value is -2.74. The van der Waals surface area contributed by atoms with Crippen LogP contribution in [0.5, 0.6) is 0 Å². The Bertz CT molecular complexity index is 681. The largest absolute Gasteiger partial charge is 0.391 e. The van der Waals surface area contributed by atoms with Gasteiger partial charge in [-0.2, -0.15) is 5.10 Å². The second kappa shape index (κ2) is 7.50. The Balaban J connectivity index is 2.02. The number of hydrogen-bond donors (Lipinski definition) is 2. The van der Waals surface area contributed by atoms with Crippen LogP contribution in [0.4, 0.5) is 5.69 Å². The molecule has 2 aromatic rings. The van der Waals surface area contributed by atoms with Crippen molar-refractivity contribution in [1.29, 1.82) is 0 Å². The van der Waals surface area contributed by atoms with E-state index >= 15 is 0 Å². The molecule has 0 aliphatic rings. The van der Waals surface area contributed by atoms with Crippen molar-refractivity contribution in [2.45, 2.75) is 25.9 Å². The minimum Gasteiger partial charge on any atom is -0.391 e. The van der Waals surface area contributed by atoms with Gasteiger partial charge < -0.3 is 10.4 Å². The molecule has 0 bridgehead atoms. The van der Waals surface area contributed by atoms with Gasteiger partial charge in [-0.05, 0) is 18.6 Å². The highest BCUT2D eigenvalue weighted by Crippen LogP contribution is 2.15. The highest BCUT2D eigenvalue weighted by atomic mass is 16.6. The van der Waals surface area contributed by atoms with Gasteiger partial charge in [-0.1, -0.05) is 13.3 Å². The SMILES string of the molecule is CCCC(O)CNC(=O)c1cnn(-c2ccc([N+](=O)[O-])cc2)c1. The number of hydrogen-bond acceptors (Lipinski definition) is 5. The van der Waals surface area contributed by atoms with Gasteiger partial charge in [-0.3, -0.25) is 14.9 Å². The van der Waals surface area contributed by atoms with Gasteiger partial charge in [0.2, 0.25) is 0 Å². The second-order valence-corrected chi connectivity index (χ2v) is 5.10. The summed E-state index contributed by atoms with van der Waals surface area (Å²) in [6, 6.07) is 5.85. The predicted octanol–water partition coefficient (Wildman–Crippen LogP) is 1.67. The van der Waals surface area contributed by atoms with Gasteiger partial charge in [-0.15, -0.1) is 0 Å². The fraction of sp³-hybridized carbons (Fsp3) is 0.333. The maximum Gasteiger partial charge on any atom is 0.269 e. The number of aliphatic hydroxyl groups excluding tert-OH is 1. The van der Waals surface area contributed by atoms with Gasteiger partial charge in [0.05, 0.1) is 28.5 Å². The van der Waals surface area contributed by atoms with Crippen molar-refractivity contribution in [2.75, 3.05) is 6.54 Å². The summed E-state index contributed by atoms with van der Waals surface area (Å²) >= 11 is 0. The first-order chi connectivity index (χ1) is 11.0. The van der Waals surface area contributed by atoms with Crippen molar-refractivity contribution in [3.63, 3.8) is 0 Å². The summed E-state index contributed by atoms with van der Waals surface area (Å²) in [6.07, 6.45) is 3.84. The third-order valence-electron chi connectivity index (χ3n) is 3.29. The van der Waals surface area contributed by atoms with E-state index in [2.05, 4.69) is 10.4 Å². The van der Waals surface area contributed by atoms with Gasteiger partial charge in [0, 0.05) is 24.9 Å². The maximum atomic E-state index is 12.0. The number of carbonyl (C=O) groups is 1. The number of rotatable bonds is 7. The number of nitrogens with zero attached hydrogens (tertiary/aromatic N) is 3. The van der Waals surface area contributed by atoms with E-state index in [9.17, 15) is 20.0 Å². The lowest BCUT2D eigenvalue weighted by molar-refractivity contribution is -0.384. The standard InChI is InChI=1S/C15H18N4O4/c1-2-3-14(20)9-16-15(21)11-8-17-18(10-11)12-4-6-13(7-5-12)19(22)23/h4-8,10,14,20H,2-3,9H2,1H3,(H,16,21). The quantitative estimate of drug-likeness (QED) is 0.596. The third-order valence-corrected chi connectivity index (χ3v) is 3.29. The Kier molecular flexibility index (Phi) is 5.42. The van der Waals surface area contributed by atoms with Gasteiger partial charge >= 0.3 is 0 Å². The van der Waals surface area contributed by atoms with Crippen LogP contribution in [-0.4, -0.2) is 38.4 Å². The Morgan fingerprint density at radius 3 is 2.74 bits per heavy atom. The van der Waals surface area contributed by atoms with Gasteiger partial charge in [-0.25, -0.2) is 4.68 Å². The van der Waals surface area contributed by atoms with E-state index in [1.54, 1.807) is 12.1 Å². The second-order valence-electron chi connectivity index (χ2n) is 5.10. The van der Waals surface area contributed by atoms with Gasteiger partial charge in [0.25, 0.3) is 11.6 Å². The molecule has 2 N–H and O–H groups in total. The number of nitro groups is 1. The summed E-state index contributed by atoms with van der Waals surface area (Å²) in [4.78, 5) is 22.1. The minimum absolute atomic E-state index is 0.0104. The molecule has 0 saturated heterocycles. The van der Waals surface area contributed by atoms with E-state index in [0.717, 1.165) is 6.42 Å². The zero-order valence-corrected chi connectivity index (χ0v) is 12.7. The molecule has 0 aliphatic carbocycles. The molecule has 1 atom stereocenters. The van der Waals surface area contributed by atoms with Crippen molar-refractivity contribution in [1.82, 2.24) is 15.1 Å². The predicted molar refractivity (Wildman–Crippen MR) is 83.5 cm³/mol. The number of nitrogens with one attached hydrogen (secondary N) is 1. The van der Waals surface area contributed by atoms with E-state index in [4.69, 9.17) is 0 Å². The lowest BCUT2D eigenvalue weighted by Crippen LogP contribution is -2.31. The molecule has 8 heteroatoms. The Morgan fingerprint density at radius 1 is 1.43 bits per heavy atom. The van der Waals surface area contributed by atoms with Crippen LogP contribution < -0.4 is 5.32 Å². The van der Waals surface area contributed by atoms with Crippen LogP contribution >= 0.6 is 0 Å². The molecule has 1 aromatic carbocycles. The van der Waals surface area contributed by atoms with Crippen LogP contribution in [-0.2, 0) is 0 Å². The smallest absolute Gasteiger partial charge is 0.269 e. The highest BCUT2D eigenvalue weighted by Gasteiger charge is 2.12. The zero-order chi connectivity index (χ0) is 16.8. The number of carbonyl (C=O) groups excluding carboxylic acids is 1. The third kappa shape index (κ3) is 4.36. The molecule has 1 heterocycles. The molecule has 8 nitrogen and oxygen atoms in total. The normalized spacial score (nSPS) is 11.9. The lowest BCUT2D eigenvalue weighted by Gasteiger charge is -2.09. The molecule has 0 spiro atoms. The molecule has 1 unspecified atom stereocenters. The summed E-state index contributed by atoms with van der Waals surface area (Å²) in [6.45, 7) is 2.15. The molecule has 0 saturated carbocycles. The fourth-order valence-electron chi connectivity index (χ4n) is 2.06. The van der Waals surface area contributed by atoms with Crippen molar-refractivity contribution in [3.8, 4) is 5.69 Å². The molecular weight excluding hydrogens is 300 g/mol. The van der Waals surface area contributed by atoms with Gasteiger partial charge in [0.1, 0.15) is 0 Å². The van der Waals surface area contributed by atoms with Crippen molar-refractivity contribution in [2.24, 2.45) is 0 Å². The number of non-ortho nitro benzene ring substituents is 1. The van der Waals surface area contributed by atoms with Crippen LogP contribution in [0.3, 0.4) is 0 Å². The number of benzene rings is 1. The Labute approximate surface area is 132 Å². The molecule has 1 amide bonds. The number of aliphatic hydroxyl groups is 1. The maximum absolute atomic E-state index is 12.0. The first-order valence-electron chi connectivity index (χ1n) is 7.27. The Morgan fingerprint density at radius 2 is 2.13 bits per heavy atom. The highest BCUT2D eigenvalue weighted by molar-refractivity contribution is 5.93. The summed E-state index contributed by atoms with van der Waals surface area (Å²) in [5.41, 5.74) is 0.955. The van der Waals surface area contributed by atoms with Crippen LogP contribution in [0.25, 0.3) is 5.69 Å². The summed E-state index contributed by atoms with van der Waals surface area (Å²) in [5, 5.41) is 26.9. The van der Waals surface area contributed by atoms with E-state index in [0.29, 0.717) is 17.7 Å². The average molecular weight is 318 g/mol. The molecule has 0 radical (unpaired) electrons. The van der Waals surface area contributed by atoms with Crippen LogP contribution in [0, 0.1) is 10.1 Å². The minimum atomic E-state index is -0.561. The summed E-state index contributed by atoms with van der Waals surface area (Å²) in [7, 11) is 0. The topological polar surface area (TPSA) is 110 Å². The van der Waals surface area contributed by atoms with E-state index in [1.807, 2.05) is 6.92 Å².